The molecule has 1 aromatic heterocycles. The van der Waals surface area contributed by atoms with Crippen molar-refractivity contribution in [1.82, 2.24) is 15.1 Å². The summed E-state index contributed by atoms with van der Waals surface area (Å²) in [7, 11) is 0. The quantitative estimate of drug-likeness (QED) is 0.835. The van der Waals surface area contributed by atoms with Crippen LogP contribution in [0, 0.1) is 25.2 Å². The number of amides is 2. The second-order valence-corrected chi connectivity index (χ2v) is 7.78. The summed E-state index contributed by atoms with van der Waals surface area (Å²) in [5.74, 6) is -0.805. The standard InChI is InChI=1S/C18H30N4O2/c1-7-22-13(4)15(12(3)21-22)20-17(24)16(23)19-14-8-9-18(5,6)10-11(14)2/h11,14H,7-10H2,1-6H3,(H,19,23)(H,20,24)/t11-,14+/m1/s1. The van der Waals surface area contributed by atoms with Crippen molar-refractivity contribution in [3.05, 3.63) is 11.4 Å². The molecule has 6 nitrogen and oxygen atoms in total. The SMILES string of the molecule is CCn1nc(C)c(NC(=O)C(=O)N[C@H]2CCC(C)(C)C[C@H]2C)c1C. The summed E-state index contributed by atoms with van der Waals surface area (Å²) < 4.78 is 1.81. The minimum Gasteiger partial charge on any atom is -0.345 e. The Morgan fingerprint density at radius 2 is 1.96 bits per heavy atom. The summed E-state index contributed by atoms with van der Waals surface area (Å²) in [4.78, 5) is 24.5. The second-order valence-electron chi connectivity index (χ2n) is 7.78. The molecule has 24 heavy (non-hydrogen) atoms. The Bertz CT molecular complexity index is 633. The number of anilines is 1. The predicted octanol–water partition coefficient (Wildman–Crippen LogP) is 2.79. The first-order valence-electron chi connectivity index (χ1n) is 8.80. The van der Waals surface area contributed by atoms with Gasteiger partial charge < -0.3 is 10.6 Å². The van der Waals surface area contributed by atoms with Gasteiger partial charge in [0.05, 0.1) is 17.1 Å². The molecule has 1 heterocycles. The first-order valence-corrected chi connectivity index (χ1v) is 8.80. The molecule has 0 aliphatic heterocycles. The number of carbonyl (C=O) groups is 2. The third-order valence-electron chi connectivity index (χ3n) is 5.14. The number of hydrogen-bond acceptors (Lipinski definition) is 3. The van der Waals surface area contributed by atoms with Crippen molar-refractivity contribution < 1.29 is 9.59 Å². The van der Waals surface area contributed by atoms with Crippen LogP contribution in [0.2, 0.25) is 0 Å². The van der Waals surface area contributed by atoms with E-state index < -0.39 is 11.8 Å². The van der Waals surface area contributed by atoms with E-state index in [0.717, 1.165) is 37.2 Å². The van der Waals surface area contributed by atoms with Crippen LogP contribution >= 0.6 is 0 Å². The topological polar surface area (TPSA) is 76.0 Å². The molecule has 6 heteroatoms. The Balaban J connectivity index is 1.98. The van der Waals surface area contributed by atoms with E-state index >= 15 is 0 Å². The predicted molar refractivity (Wildman–Crippen MR) is 94.7 cm³/mol. The summed E-state index contributed by atoms with van der Waals surface area (Å²) in [6.45, 7) is 13.1. The third kappa shape index (κ3) is 3.97. The smallest absolute Gasteiger partial charge is 0.313 e. The molecule has 1 saturated carbocycles. The fourth-order valence-corrected chi connectivity index (χ4v) is 3.75. The summed E-state index contributed by atoms with van der Waals surface area (Å²) >= 11 is 0. The molecule has 2 rings (SSSR count). The highest BCUT2D eigenvalue weighted by Gasteiger charge is 2.34. The Morgan fingerprint density at radius 3 is 2.50 bits per heavy atom. The van der Waals surface area contributed by atoms with Gasteiger partial charge in [0.1, 0.15) is 0 Å². The lowest BCUT2D eigenvalue weighted by Gasteiger charge is -2.39. The van der Waals surface area contributed by atoms with Gasteiger partial charge in [-0.1, -0.05) is 20.8 Å². The molecule has 1 fully saturated rings. The van der Waals surface area contributed by atoms with Gasteiger partial charge in [0.15, 0.2) is 0 Å². The van der Waals surface area contributed by atoms with Gasteiger partial charge in [-0.25, -0.2) is 0 Å². The largest absolute Gasteiger partial charge is 0.345 e. The summed E-state index contributed by atoms with van der Waals surface area (Å²) in [6.07, 6.45) is 3.03. The first-order chi connectivity index (χ1) is 11.1. The number of nitrogens with zero attached hydrogens (tertiary/aromatic N) is 2. The summed E-state index contributed by atoms with van der Waals surface area (Å²) in [5.41, 5.74) is 2.54. The highest BCUT2D eigenvalue weighted by molar-refractivity contribution is 6.39. The lowest BCUT2D eigenvalue weighted by atomic mass is 9.70. The number of hydrogen-bond donors (Lipinski definition) is 2. The van der Waals surface area contributed by atoms with Gasteiger partial charge in [-0.2, -0.15) is 5.10 Å². The Kier molecular flexibility index (Phi) is 5.35. The average molecular weight is 334 g/mol. The lowest BCUT2D eigenvalue weighted by Crippen LogP contribution is -2.48. The maximum atomic E-state index is 12.3. The Hall–Kier alpha value is -1.85. The number of nitrogens with one attached hydrogen (secondary N) is 2. The first kappa shape index (κ1) is 18.5. The van der Waals surface area contributed by atoms with E-state index in [9.17, 15) is 9.59 Å². The normalized spacial score (nSPS) is 22.9. The van der Waals surface area contributed by atoms with E-state index in [0.29, 0.717) is 17.0 Å². The van der Waals surface area contributed by atoms with E-state index in [1.165, 1.54) is 0 Å². The Labute approximate surface area is 144 Å². The van der Waals surface area contributed by atoms with Crippen molar-refractivity contribution in [2.45, 2.75) is 73.4 Å². The van der Waals surface area contributed by atoms with Crippen LogP contribution in [0.25, 0.3) is 0 Å². The minimum atomic E-state index is -0.617. The van der Waals surface area contributed by atoms with Gasteiger partial charge in [-0.05, 0) is 51.4 Å². The second kappa shape index (κ2) is 6.95. The van der Waals surface area contributed by atoms with Crippen LogP contribution in [0.4, 0.5) is 5.69 Å². The maximum Gasteiger partial charge on any atom is 0.313 e. The van der Waals surface area contributed by atoms with Crippen LogP contribution in [0.3, 0.4) is 0 Å². The molecule has 0 spiro atoms. The summed E-state index contributed by atoms with van der Waals surface area (Å²) in [6, 6.07) is 0.0665. The number of aromatic nitrogens is 2. The number of aryl methyl sites for hydroxylation is 2. The zero-order chi connectivity index (χ0) is 18.1. The van der Waals surface area contributed by atoms with Crippen LogP contribution in [-0.4, -0.2) is 27.6 Å². The molecule has 1 aliphatic rings. The van der Waals surface area contributed by atoms with E-state index in [2.05, 4.69) is 36.5 Å². The monoisotopic (exact) mass is 334 g/mol. The molecular formula is C18H30N4O2. The number of carbonyl (C=O) groups excluding carboxylic acids is 2. The van der Waals surface area contributed by atoms with Crippen LogP contribution in [-0.2, 0) is 16.1 Å². The Morgan fingerprint density at radius 1 is 1.29 bits per heavy atom. The van der Waals surface area contributed by atoms with Crippen molar-refractivity contribution in [2.24, 2.45) is 11.3 Å². The highest BCUT2D eigenvalue weighted by atomic mass is 16.2. The fraction of sp³-hybridized carbons (Fsp3) is 0.722. The van der Waals surface area contributed by atoms with Crippen molar-refractivity contribution in [3.63, 3.8) is 0 Å². The van der Waals surface area contributed by atoms with Crippen LogP contribution in [0.15, 0.2) is 0 Å². The average Bonchev–Trinajstić information content (AvgIpc) is 2.76. The van der Waals surface area contributed by atoms with Crippen LogP contribution in [0.5, 0.6) is 0 Å². The molecule has 1 aromatic rings. The third-order valence-corrected chi connectivity index (χ3v) is 5.14. The number of rotatable bonds is 3. The minimum absolute atomic E-state index is 0.0665. The molecule has 0 saturated heterocycles. The molecule has 0 unspecified atom stereocenters. The van der Waals surface area contributed by atoms with Gasteiger partial charge in [-0.3, -0.25) is 14.3 Å². The van der Waals surface area contributed by atoms with Crippen molar-refractivity contribution >= 4 is 17.5 Å². The molecular weight excluding hydrogens is 304 g/mol. The van der Waals surface area contributed by atoms with Gasteiger partial charge in [0.2, 0.25) is 0 Å². The fourth-order valence-electron chi connectivity index (χ4n) is 3.75. The molecule has 134 valence electrons. The van der Waals surface area contributed by atoms with E-state index in [1.54, 1.807) is 0 Å². The summed E-state index contributed by atoms with van der Waals surface area (Å²) in [5, 5.41) is 9.98. The molecule has 2 amide bonds. The van der Waals surface area contributed by atoms with Crippen LogP contribution in [0.1, 0.15) is 58.3 Å². The molecule has 0 bridgehead atoms. The molecule has 0 radical (unpaired) electrons. The van der Waals surface area contributed by atoms with E-state index in [-0.39, 0.29) is 6.04 Å². The molecule has 2 atom stereocenters. The molecule has 1 aliphatic carbocycles. The van der Waals surface area contributed by atoms with Gasteiger partial charge in [0.25, 0.3) is 0 Å². The van der Waals surface area contributed by atoms with Gasteiger partial charge >= 0.3 is 11.8 Å². The van der Waals surface area contributed by atoms with Crippen molar-refractivity contribution in [3.8, 4) is 0 Å². The molecule has 0 aromatic carbocycles. The highest BCUT2D eigenvalue weighted by Crippen LogP contribution is 2.38. The zero-order valence-electron chi connectivity index (χ0n) is 15.7. The molecule has 2 N–H and O–H groups in total. The van der Waals surface area contributed by atoms with Gasteiger partial charge in [-0.15, -0.1) is 0 Å². The van der Waals surface area contributed by atoms with Crippen molar-refractivity contribution in [2.75, 3.05) is 5.32 Å². The van der Waals surface area contributed by atoms with Crippen LogP contribution < -0.4 is 10.6 Å². The van der Waals surface area contributed by atoms with Crippen molar-refractivity contribution in [1.29, 1.82) is 0 Å². The van der Waals surface area contributed by atoms with Gasteiger partial charge in [0, 0.05) is 12.6 Å². The van der Waals surface area contributed by atoms with E-state index in [1.807, 2.05) is 25.5 Å². The maximum absolute atomic E-state index is 12.3. The zero-order valence-corrected chi connectivity index (χ0v) is 15.7. The van der Waals surface area contributed by atoms with E-state index in [4.69, 9.17) is 0 Å². The lowest BCUT2D eigenvalue weighted by molar-refractivity contribution is -0.137.